The van der Waals surface area contributed by atoms with Crippen LogP contribution < -0.4 is 11.3 Å². The zero-order chi connectivity index (χ0) is 14.1. The van der Waals surface area contributed by atoms with Crippen LogP contribution in [0.3, 0.4) is 0 Å². The molecule has 0 radical (unpaired) electrons. The first-order valence-corrected chi connectivity index (χ1v) is 7.94. The Bertz CT molecular complexity index is 459. The average molecular weight is 297 g/mol. The average Bonchev–Trinajstić information content (AvgIpc) is 3.04. The molecule has 2 aliphatic carbocycles. The van der Waals surface area contributed by atoms with Crippen molar-refractivity contribution in [3.8, 4) is 0 Å². The van der Waals surface area contributed by atoms with Crippen molar-refractivity contribution in [2.75, 3.05) is 0 Å². The molecule has 1 aromatic rings. The van der Waals surface area contributed by atoms with E-state index in [2.05, 4.69) is 5.43 Å². The van der Waals surface area contributed by atoms with E-state index < -0.39 is 0 Å². The molecule has 3 rings (SSSR count). The number of hydrogen-bond acceptors (Lipinski definition) is 2. The second-order valence-electron chi connectivity index (χ2n) is 6.44. The van der Waals surface area contributed by atoms with Gasteiger partial charge in [0.2, 0.25) is 0 Å². The van der Waals surface area contributed by atoms with Gasteiger partial charge in [0.25, 0.3) is 0 Å². The fourth-order valence-electron chi connectivity index (χ4n) is 4.21. The van der Waals surface area contributed by atoms with Gasteiger partial charge < -0.3 is 0 Å². The summed E-state index contributed by atoms with van der Waals surface area (Å²) in [6.45, 7) is 0. The molecular weight excluding hydrogens is 275 g/mol. The molecule has 2 aliphatic rings. The molecule has 2 saturated carbocycles. The highest BCUT2D eigenvalue weighted by molar-refractivity contribution is 6.31. The van der Waals surface area contributed by atoms with Crippen molar-refractivity contribution in [2.24, 2.45) is 23.6 Å². The van der Waals surface area contributed by atoms with Gasteiger partial charge in [-0.2, -0.15) is 0 Å². The third-order valence-electron chi connectivity index (χ3n) is 5.22. The molecule has 4 unspecified atom stereocenters. The summed E-state index contributed by atoms with van der Waals surface area (Å²) in [6.07, 6.45) is 7.09. The Morgan fingerprint density at radius 2 is 2.20 bits per heavy atom. The van der Waals surface area contributed by atoms with E-state index in [1.54, 1.807) is 12.1 Å². The topological polar surface area (TPSA) is 38.0 Å². The third kappa shape index (κ3) is 2.85. The molecule has 2 nitrogen and oxygen atoms in total. The van der Waals surface area contributed by atoms with E-state index >= 15 is 0 Å². The number of halogens is 2. The predicted molar refractivity (Wildman–Crippen MR) is 79.8 cm³/mol. The first kappa shape index (κ1) is 14.3. The van der Waals surface area contributed by atoms with Gasteiger partial charge in [-0.3, -0.25) is 11.3 Å². The highest BCUT2D eigenvalue weighted by Crippen LogP contribution is 2.50. The number of rotatable bonds is 5. The minimum atomic E-state index is -0.231. The van der Waals surface area contributed by atoms with Crippen molar-refractivity contribution in [3.05, 3.63) is 34.6 Å². The molecular formula is C16H22ClFN2. The molecule has 0 amide bonds. The van der Waals surface area contributed by atoms with Gasteiger partial charge in [0.1, 0.15) is 5.82 Å². The molecule has 2 bridgehead atoms. The Labute approximate surface area is 124 Å². The minimum Gasteiger partial charge on any atom is -0.271 e. The molecule has 1 aromatic carbocycles. The molecule has 0 spiro atoms. The zero-order valence-corrected chi connectivity index (χ0v) is 12.4. The van der Waals surface area contributed by atoms with Crippen molar-refractivity contribution >= 4 is 11.6 Å². The van der Waals surface area contributed by atoms with E-state index in [1.807, 2.05) is 0 Å². The summed E-state index contributed by atoms with van der Waals surface area (Å²) in [4.78, 5) is 0. The van der Waals surface area contributed by atoms with Crippen LogP contribution in [0.25, 0.3) is 0 Å². The third-order valence-corrected chi connectivity index (χ3v) is 5.57. The maximum atomic E-state index is 13.9. The fourth-order valence-corrected chi connectivity index (χ4v) is 4.45. The SMILES string of the molecule is NNC(Cc1c(F)cccc1Cl)CC1CC2CCC1C2. The van der Waals surface area contributed by atoms with Crippen LogP contribution in [0.5, 0.6) is 0 Å². The normalized spacial score (nSPS) is 29.9. The van der Waals surface area contributed by atoms with Gasteiger partial charge in [-0.25, -0.2) is 4.39 Å². The summed E-state index contributed by atoms with van der Waals surface area (Å²) in [5, 5.41) is 0.498. The summed E-state index contributed by atoms with van der Waals surface area (Å²) in [7, 11) is 0. The standard InChI is InChI=1S/C16H22ClFN2/c17-15-2-1-3-16(18)14(15)9-13(20-19)8-12-7-10-4-5-11(12)6-10/h1-3,10-13,20H,4-9,19H2. The Morgan fingerprint density at radius 1 is 1.35 bits per heavy atom. The molecule has 4 atom stereocenters. The Morgan fingerprint density at radius 3 is 2.80 bits per heavy atom. The largest absolute Gasteiger partial charge is 0.271 e. The highest BCUT2D eigenvalue weighted by atomic mass is 35.5. The summed E-state index contributed by atoms with van der Waals surface area (Å²) in [5.41, 5.74) is 3.45. The molecule has 0 saturated heterocycles. The lowest BCUT2D eigenvalue weighted by molar-refractivity contribution is 0.276. The Balaban J connectivity index is 1.65. The van der Waals surface area contributed by atoms with E-state index in [1.165, 1.54) is 31.7 Å². The number of nitrogens with one attached hydrogen (secondary N) is 1. The van der Waals surface area contributed by atoms with Gasteiger partial charge in [0, 0.05) is 16.6 Å². The van der Waals surface area contributed by atoms with Gasteiger partial charge in [-0.1, -0.05) is 24.1 Å². The molecule has 3 N–H and O–H groups in total. The van der Waals surface area contributed by atoms with Gasteiger partial charge in [0.05, 0.1) is 0 Å². The van der Waals surface area contributed by atoms with Crippen LogP contribution in [0.4, 0.5) is 4.39 Å². The van der Waals surface area contributed by atoms with Gasteiger partial charge in [-0.05, 0) is 62.0 Å². The molecule has 0 heterocycles. The summed E-state index contributed by atoms with van der Waals surface area (Å²) in [6, 6.07) is 4.95. The van der Waals surface area contributed by atoms with Crippen molar-refractivity contribution in [1.82, 2.24) is 5.43 Å². The van der Waals surface area contributed by atoms with E-state index in [9.17, 15) is 4.39 Å². The molecule has 110 valence electrons. The van der Waals surface area contributed by atoms with Crippen LogP contribution in [-0.2, 0) is 6.42 Å². The van der Waals surface area contributed by atoms with Crippen LogP contribution in [0.1, 0.15) is 37.7 Å². The fraction of sp³-hybridized carbons (Fsp3) is 0.625. The maximum absolute atomic E-state index is 13.9. The number of nitrogens with two attached hydrogens (primary N) is 1. The quantitative estimate of drug-likeness (QED) is 0.642. The number of hydrazine groups is 1. The van der Waals surface area contributed by atoms with Crippen LogP contribution in [-0.4, -0.2) is 6.04 Å². The van der Waals surface area contributed by atoms with Crippen molar-refractivity contribution < 1.29 is 4.39 Å². The van der Waals surface area contributed by atoms with Crippen LogP contribution in [0, 0.1) is 23.6 Å². The number of benzene rings is 1. The second-order valence-corrected chi connectivity index (χ2v) is 6.85. The lowest BCUT2D eigenvalue weighted by Gasteiger charge is -2.26. The monoisotopic (exact) mass is 296 g/mol. The lowest BCUT2D eigenvalue weighted by atomic mass is 9.83. The first-order valence-electron chi connectivity index (χ1n) is 7.56. The van der Waals surface area contributed by atoms with Crippen molar-refractivity contribution in [1.29, 1.82) is 0 Å². The van der Waals surface area contributed by atoms with Gasteiger partial charge >= 0.3 is 0 Å². The number of fused-ring (bicyclic) bond motifs is 2. The Kier molecular flexibility index (Phi) is 4.29. The molecule has 0 aliphatic heterocycles. The first-order chi connectivity index (χ1) is 9.67. The summed E-state index contributed by atoms with van der Waals surface area (Å²) < 4.78 is 13.9. The van der Waals surface area contributed by atoms with E-state index in [0.717, 1.165) is 24.2 Å². The lowest BCUT2D eigenvalue weighted by Crippen LogP contribution is -2.39. The summed E-state index contributed by atoms with van der Waals surface area (Å²) >= 11 is 6.10. The van der Waals surface area contributed by atoms with E-state index in [0.29, 0.717) is 17.0 Å². The predicted octanol–water partition coefficient (Wildman–Crippen LogP) is 3.68. The van der Waals surface area contributed by atoms with Crippen LogP contribution >= 0.6 is 11.6 Å². The van der Waals surface area contributed by atoms with Crippen molar-refractivity contribution in [2.45, 2.75) is 44.6 Å². The minimum absolute atomic E-state index is 0.105. The van der Waals surface area contributed by atoms with E-state index in [4.69, 9.17) is 17.4 Å². The van der Waals surface area contributed by atoms with Crippen LogP contribution in [0.15, 0.2) is 18.2 Å². The van der Waals surface area contributed by atoms with Crippen molar-refractivity contribution in [3.63, 3.8) is 0 Å². The molecule has 2 fully saturated rings. The zero-order valence-electron chi connectivity index (χ0n) is 11.6. The Hall–Kier alpha value is -0.640. The maximum Gasteiger partial charge on any atom is 0.127 e. The second kappa shape index (κ2) is 6.00. The van der Waals surface area contributed by atoms with Gasteiger partial charge in [0.15, 0.2) is 0 Å². The van der Waals surface area contributed by atoms with Crippen LogP contribution in [0.2, 0.25) is 5.02 Å². The number of hydrogen-bond donors (Lipinski definition) is 2. The molecule has 20 heavy (non-hydrogen) atoms. The van der Waals surface area contributed by atoms with Gasteiger partial charge in [-0.15, -0.1) is 0 Å². The smallest absolute Gasteiger partial charge is 0.127 e. The summed E-state index contributed by atoms with van der Waals surface area (Å²) in [5.74, 6) is 8.00. The molecule has 4 heteroatoms. The molecule has 0 aromatic heterocycles. The highest BCUT2D eigenvalue weighted by Gasteiger charge is 2.40. The van der Waals surface area contributed by atoms with E-state index in [-0.39, 0.29) is 11.9 Å².